The Morgan fingerprint density at radius 1 is 1.26 bits per heavy atom. The summed E-state index contributed by atoms with van der Waals surface area (Å²) in [4.78, 5) is 12.1. The molecule has 0 saturated carbocycles. The third kappa shape index (κ3) is 6.02. The molecule has 3 unspecified atom stereocenters. The Morgan fingerprint density at radius 2 is 1.91 bits per heavy atom. The third-order valence-corrected chi connectivity index (χ3v) is 3.72. The summed E-state index contributed by atoms with van der Waals surface area (Å²) in [6.07, 6.45) is 0.515. The number of benzene rings is 1. The molecule has 5 nitrogen and oxygen atoms in total. The molecule has 2 amide bonds. The number of nitrogens with one attached hydrogen (secondary N) is 2. The molecule has 0 heterocycles. The van der Waals surface area contributed by atoms with Crippen molar-refractivity contribution < 1.29 is 23.4 Å². The zero-order valence-corrected chi connectivity index (χ0v) is 13.6. The van der Waals surface area contributed by atoms with E-state index in [4.69, 9.17) is 5.11 Å². The van der Waals surface area contributed by atoms with Crippen molar-refractivity contribution in [2.24, 2.45) is 5.92 Å². The maximum absolute atomic E-state index is 12.5. The first-order valence-corrected chi connectivity index (χ1v) is 7.60. The number of aliphatic hydroxyl groups is 1. The minimum absolute atomic E-state index is 0.0380. The second-order valence-electron chi connectivity index (χ2n) is 5.44. The van der Waals surface area contributed by atoms with Gasteiger partial charge in [-0.05, 0) is 25.3 Å². The fraction of sp³-hybridized carbons (Fsp3) is 0.562. The minimum Gasteiger partial charge on any atom is -0.434 e. The van der Waals surface area contributed by atoms with Crippen LogP contribution in [0, 0.1) is 5.92 Å². The summed E-state index contributed by atoms with van der Waals surface area (Å²) in [6.45, 7) is 2.48. The number of rotatable bonds is 8. The van der Waals surface area contributed by atoms with E-state index < -0.39 is 18.7 Å². The van der Waals surface area contributed by atoms with E-state index >= 15 is 0 Å². The topological polar surface area (TPSA) is 70.6 Å². The zero-order valence-electron chi connectivity index (χ0n) is 13.6. The third-order valence-electron chi connectivity index (χ3n) is 3.72. The summed E-state index contributed by atoms with van der Waals surface area (Å²) in [6, 6.07) is 5.29. The van der Waals surface area contributed by atoms with Gasteiger partial charge in [-0.1, -0.05) is 32.0 Å². The Morgan fingerprint density at radius 3 is 2.48 bits per heavy atom. The fourth-order valence-electron chi connectivity index (χ4n) is 2.08. The van der Waals surface area contributed by atoms with Gasteiger partial charge in [0.1, 0.15) is 5.75 Å². The Bertz CT molecular complexity index is 500. The number of hydrogen-bond acceptors (Lipinski definition) is 3. The molecule has 1 aromatic carbocycles. The van der Waals surface area contributed by atoms with E-state index in [1.165, 1.54) is 6.07 Å². The molecule has 0 saturated heterocycles. The summed E-state index contributed by atoms with van der Waals surface area (Å²) < 4.78 is 29.5. The lowest BCUT2D eigenvalue weighted by atomic mass is 10.0. The summed E-state index contributed by atoms with van der Waals surface area (Å²) in [5, 5.41) is 14.6. The van der Waals surface area contributed by atoms with Crippen LogP contribution in [0.4, 0.5) is 13.6 Å². The number of ether oxygens (including phenoxy) is 1. The molecule has 0 aliphatic rings. The Labute approximate surface area is 135 Å². The number of amides is 2. The lowest BCUT2D eigenvalue weighted by Crippen LogP contribution is -2.45. The van der Waals surface area contributed by atoms with Gasteiger partial charge in [-0.3, -0.25) is 0 Å². The molecule has 7 heteroatoms. The summed E-state index contributed by atoms with van der Waals surface area (Å²) in [7, 11) is 0. The lowest BCUT2D eigenvalue weighted by Gasteiger charge is -2.24. The van der Waals surface area contributed by atoms with Crippen LogP contribution in [0.2, 0.25) is 0 Å². The quantitative estimate of drug-likeness (QED) is 0.686. The van der Waals surface area contributed by atoms with Gasteiger partial charge >= 0.3 is 12.6 Å². The first kappa shape index (κ1) is 19.2. The van der Waals surface area contributed by atoms with Crippen LogP contribution in [0.3, 0.4) is 0 Å². The van der Waals surface area contributed by atoms with Gasteiger partial charge in [-0.2, -0.15) is 8.78 Å². The van der Waals surface area contributed by atoms with Crippen molar-refractivity contribution in [1.29, 1.82) is 0 Å². The average Bonchev–Trinajstić information content (AvgIpc) is 2.51. The van der Waals surface area contributed by atoms with Crippen molar-refractivity contribution in [3.05, 3.63) is 29.8 Å². The van der Waals surface area contributed by atoms with Crippen molar-refractivity contribution >= 4 is 6.03 Å². The molecule has 0 fully saturated rings. The second-order valence-corrected chi connectivity index (χ2v) is 5.44. The number of para-hydroxylation sites is 1. The summed E-state index contributed by atoms with van der Waals surface area (Å²) in [5.74, 6) is -0.0401. The Kier molecular flexibility index (Phi) is 7.74. The molecule has 3 N–H and O–H groups in total. The number of alkyl halides is 2. The van der Waals surface area contributed by atoms with Crippen LogP contribution in [0.15, 0.2) is 24.3 Å². The highest BCUT2D eigenvalue weighted by atomic mass is 19.3. The highest BCUT2D eigenvalue weighted by molar-refractivity contribution is 5.75. The molecule has 3 atom stereocenters. The zero-order chi connectivity index (χ0) is 17.4. The molecule has 0 radical (unpaired) electrons. The standard InChI is InChI=1S/C16H24F2N2O3/c1-4-13(20-16(22)19-11(3)10(2)9-21)12-7-5-6-8-14(12)23-15(17)18/h5-8,10-11,13,15,21H,4,9H2,1-3H3,(H2,19,20,22). The van der Waals surface area contributed by atoms with Crippen LogP contribution < -0.4 is 15.4 Å². The maximum Gasteiger partial charge on any atom is 0.387 e. The largest absolute Gasteiger partial charge is 0.434 e. The van der Waals surface area contributed by atoms with Crippen LogP contribution in [0.5, 0.6) is 5.75 Å². The number of aliphatic hydroxyl groups excluding tert-OH is 1. The van der Waals surface area contributed by atoms with Crippen LogP contribution in [-0.4, -0.2) is 30.4 Å². The highest BCUT2D eigenvalue weighted by Crippen LogP contribution is 2.28. The summed E-state index contributed by atoms with van der Waals surface area (Å²) in [5.41, 5.74) is 0.494. The highest BCUT2D eigenvalue weighted by Gasteiger charge is 2.20. The molecule has 0 aliphatic carbocycles. The van der Waals surface area contributed by atoms with Gasteiger partial charge in [0, 0.05) is 18.2 Å². The van der Waals surface area contributed by atoms with E-state index in [0.717, 1.165) is 0 Å². The number of hydrogen-bond donors (Lipinski definition) is 3. The van der Waals surface area contributed by atoms with E-state index in [9.17, 15) is 13.6 Å². The SMILES string of the molecule is CCC(NC(=O)NC(C)C(C)CO)c1ccccc1OC(F)F. The van der Waals surface area contributed by atoms with Crippen molar-refractivity contribution in [3.63, 3.8) is 0 Å². The van der Waals surface area contributed by atoms with E-state index in [1.807, 2.05) is 13.8 Å². The van der Waals surface area contributed by atoms with E-state index in [1.54, 1.807) is 25.1 Å². The van der Waals surface area contributed by atoms with Crippen LogP contribution >= 0.6 is 0 Å². The smallest absolute Gasteiger partial charge is 0.387 e. The van der Waals surface area contributed by atoms with Crippen molar-refractivity contribution in [3.8, 4) is 5.75 Å². The van der Waals surface area contributed by atoms with Crippen LogP contribution in [0.25, 0.3) is 0 Å². The van der Waals surface area contributed by atoms with Gasteiger partial charge in [0.2, 0.25) is 0 Å². The van der Waals surface area contributed by atoms with E-state index in [-0.39, 0.29) is 24.3 Å². The number of halogens is 2. The van der Waals surface area contributed by atoms with Gasteiger partial charge in [0.15, 0.2) is 0 Å². The average molecular weight is 330 g/mol. The van der Waals surface area contributed by atoms with E-state index in [2.05, 4.69) is 15.4 Å². The number of urea groups is 1. The molecule has 23 heavy (non-hydrogen) atoms. The van der Waals surface area contributed by atoms with Gasteiger partial charge in [0.05, 0.1) is 6.04 Å². The van der Waals surface area contributed by atoms with Crippen molar-refractivity contribution in [2.45, 2.75) is 45.9 Å². The molecular formula is C16H24F2N2O3. The predicted molar refractivity (Wildman–Crippen MR) is 83.5 cm³/mol. The Balaban J connectivity index is 2.79. The molecule has 0 aliphatic heterocycles. The molecule has 0 spiro atoms. The van der Waals surface area contributed by atoms with Crippen molar-refractivity contribution in [1.82, 2.24) is 10.6 Å². The first-order valence-electron chi connectivity index (χ1n) is 7.60. The normalized spacial score (nSPS) is 14.9. The van der Waals surface area contributed by atoms with Crippen LogP contribution in [-0.2, 0) is 0 Å². The molecular weight excluding hydrogens is 306 g/mol. The molecule has 0 aromatic heterocycles. The molecule has 130 valence electrons. The number of carbonyl (C=O) groups is 1. The molecule has 1 aromatic rings. The predicted octanol–water partition coefficient (Wildman–Crippen LogP) is 3.06. The first-order chi connectivity index (χ1) is 10.9. The monoisotopic (exact) mass is 330 g/mol. The second kappa shape index (κ2) is 9.29. The molecule has 0 bridgehead atoms. The lowest BCUT2D eigenvalue weighted by molar-refractivity contribution is -0.0506. The van der Waals surface area contributed by atoms with E-state index in [0.29, 0.717) is 12.0 Å². The summed E-state index contributed by atoms with van der Waals surface area (Å²) >= 11 is 0. The molecule has 1 rings (SSSR count). The minimum atomic E-state index is -2.92. The fourth-order valence-corrected chi connectivity index (χ4v) is 2.08. The maximum atomic E-state index is 12.5. The van der Waals surface area contributed by atoms with Gasteiger partial charge in [0.25, 0.3) is 0 Å². The van der Waals surface area contributed by atoms with Gasteiger partial charge < -0.3 is 20.5 Å². The van der Waals surface area contributed by atoms with Gasteiger partial charge in [-0.25, -0.2) is 4.79 Å². The van der Waals surface area contributed by atoms with Crippen molar-refractivity contribution in [2.75, 3.05) is 6.61 Å². The van der Waals surface area contributed by atoms with Crippen LogP contribution in [0.1, 0.15) is 38.8 Å². The number of carbonyl (C=O) groups excluding carboxylic acids is 1. The Hall–Kier alpha value is -1.89. The van der Waals surface area contributed by atoms with Gasteiger partial charge in [-0.15, -0.1) is 0 Å².